The Labute approximate surface area is 101 Å². The van der Waals surface area contributed by atoms with Crippen LogP contribution in [0.25, 0.3) is 0 Å². The molecule has 1 fully saturated rings. The number of hydrogen-bond donors (Lipinski definition) is 1. The molecule has 1 aromatic heterocycles. The minimum absolute atomic E-state index is 0.194. The molecule has 5 heteroatoms. The summed E-state index contributed by atoms with van der Waals surface area (Å²) in [5.74, 6) is 1.06. The summed E-state index contributed by atoms with van der Waals surface area (Å²) >= 11 is 0. The van der Waals surface area contributed by atoms with Crippen LogP contribution in [0.15, 0.2) is 18.3 Å². The molecule has 0 aromatic carbocycles. The number of nitrogens with one attached hydrogen (secondary N) is 1. The average Bonchev–Trinajstić information content (AvgIpc) is 2.34. The lowest BCUT2D eigenvalue weighted by atomic mass is 10.2. The van der Waals surface area contributed by atoms with Crippen LogP contribution in [-0.2, 0) is 11.3 Å². The first-order chi connectivity index (χ1) is 8.19. The highest BCUT2D eigenvalue weighted by molar-refractivity contribution is 5.78. The van der Waals surface area contributed by atoms with Gasteiger partial charge in [-0.25, -0.2) is 4.98 Å². The zero-order chi connectivity index (χ0) is 12.3. The van der Waals surface area contributed by atoms with Crippen LogP contribution < -0.4 is 5.32 Å². The smallest absolute Gasteiger partial charge is 0.236 e. The maximum absolute atomic E-state index is 11.6. The van der Waals surface area contributed by atoms with E-state index in [1.807, 2.05) is 26.2 Å². The Morgan fingerprint density at radius 2 is 2.29 bits per heavy atom. The van der Waals surface area contributed by atoms with E-state index in [-0.39, 0.29) is 5.91 Å². The van der Waals surface area contributed by atoms with E-state index in [9.17, 15) is 4.79 Å². The first-order valence-corrected chi connectivity index (χ1v) is 5.78. The van der Waals surface area contributed by atoms with E-state index in [4.69, 9.17) is 0 Å². The number of hydrogen-bond acceptors (Lipinski definition) is 4. The third-order valence-electron chi connectivity index (χ3n) is 3.02. The summed E-state index contributed by atoms with van der Waals surface area (Å²) < 4.78 is 0. The van der Waals surface area contributed by atoms with Gasteiger partial charge in [-0.3, -0.25) is 9.69 Å². The molecule has 0 aliphatic carbocycles. The maximum atomic E-state index is 11.6. The van der Waals surface area contributed by atoms with Gasteiger partial charge in [0.15, 0.2) is 0 Å². The van der Waals surface area contributed by atoms with E-state index in [0.717, 1.165) is 25.5 Å². The highest BCUT2D eigenvalue weighted by Gasteiger charge is 2.20. The van der Waals surface area contributed by atoms with Crippen molar-refractivity contribution in [3.05, 3.63) is 23.9 Å². The molecule has 1 amide bonds. The SMILES string of the molecule is CNc1cc(CN2CCN(C)C(=O)C2)ccn1. The molecular formula is C12H18N4O. The second-order valence-corrected chi connectivity index (χ2v) is 4.33. The molecule has 1 saturated heterocycles. The van der Waals surface area contributed by atoms with Gasteiger partial charge in [0.25, 0.3) is 0 Å². The molecule has 2 rings (SSSR count). The van der Waals surface area contributed by atoms with Crippen molar-refractivity contribution in [2.75, 3.05) is 39.0 Å². The number of piperazine rings is 1. The van der Waals surface area contributed by atoms with Gasteiger partial charge in [-0.05, 0) is 17.7 Å². The Bertz CT molecular complexity index is 407. The summed E-state index contributed by atoms with van der Waals surface area (Å²) in [4.78, 5) is 19.7. The molecule has 1 N–H and O–H groups in total. The van der Waals surface area contributed by atoms with Crippen LogP contribution in [0.5, 0.6) is 0 Å². The van der Waals surface area contributed by atoms with Crippen molar-refractivity contribution >= 4 is 11.7 Å². The molecule has 1 aliphatic rings. The number of amides is 1. The molecule has 92 valence electrons. The normalized spacial score (nSPS) is 17.3. The standard InChI is InChI=1S/C12H18N4O/c1-13-11-7-10(3-4-14-11)8-16-6-5-15(2)12(17)9-16/h3-4,7H,5-6,8-9H2,1-2H3,(H,13,14). The largest absolute Gasteiger partial charge is 0.373 e. The van der Waals surface area contributed by atoms with Crippen LogP contribution in [0.2, 0.25) is 0 Å². The van der Waals surface area contributed by atoms with E-state index < -0.39 is 0 Å². The Morgan fingerprint density at radius 1 is 1.47 bits per heavy atom. The summed E-state index contributed by atoms with van der Waals surface area (Å²) in [6, 6.07) is 4.01. The molecule has 0 saturated carbocycles. The lowest BCUT2D eigenvalue weighted by molar-refractivity contribution is -0.134. The van der Waals surface area contributed by atoms with Crippen molar-refractivity contribution < 1.29 is 4.79 Å². The molecule has 0 unspecified atom stereocenters. The van der Waals surface area contributed by atoms with Crippen LogP contribution >= 0.6 is 0 Å². The van der Waals surface area contributed by atoms with Crippen LogP contribution in [0.4, 0.5) is 5.82 Å². The fraction of sp³-hybridized carbons (Fsp3) is 0.500. The summed E-state index contributed by atoms with van der Waals surface area (Å²) in [6.45, 7) is 3.05. The number of pyridine rings is 1. The van der Waals surface area contributed by atoms with Gasteiger partial charge in [-0.15, -0.1) is 0 Å². The predicted octanol–water partition coefficient (Wildman–Crippen LogP) is 0.397. The van der Waals surface area contributed by atoms with Crippen LogP contribution in [-0.4, -0.2) is 54.4 Å². The molecule has 0 radical (unpaired) electrons. The minimum Gasteiger partial charge on any atom is -0.373 e. The van der Waals surface area contributed by atoms with Crippen molar-refractivity contribution in [1.82, 2.24) is 14.8 Å². The van der Waals surface area contributed by atoms with Crippen molar-refractivity contribution in [1.29, 1.82) is 0 Å². The molecule has 1 aromatic rings. The van der Waals surface area contributed by atoms with Gasteiger partial charge >= 0.3 is 0 Å². The Kier molecular flexibility index (Phi) is 3.58. The Balaban J connectivity index is 1.98. The Hall–Kier alpha value is -1.62. The van der Waals surface area contributed by atoms with Crippen molar-refractivity contribution in [3.8, 4) is 0 Å². The second-order valence-electron chi connectivity index (χ2n) is 4.33. The van der Waals surface area contributed by atoms with Crippen LogP contribution in [0.1, 0.15) is 5.56 Å². The van der Waals surface area contributed by atoms with Crippen molar-refractivity contribution in [2.45, 2.75) is 6.54 Å². The first-order valence-electron chi connectivity index (χ1n) is 5.78. The van der Waals surface area contributed by atoms with E-state index in [2.05, 4.69) is 15.2 Å². The number of nitrogens with zero attached hydrogens (tertiary/aromatic N) is 3. The lowest BCUT2D eigenvalue weighted by Crippen LogP contribution is -2.47. The third kappa shape index (κ3) is 2.94. The van der Waals surface area contributed by atoms with Gasteiger partial charge in [0.05, 0.1) is 6.54 Å². The molecule has 1 aliphatic heterocycles. The topological polar surface area (TPSA) is 48.5 Å². The van der Waals surface area contributed by atoms with E-state index in [1.54, 1.807) is 11.1 Å². The number of aromatic nitrogens is 1. The summed E-state index contributed by atoms with van der Waals surface area (Å²) in [6.07, 6.45) is 1.79. The maximum Gasteiger partial charge on any atom is 0.236 e. The van der Waals surface area contributed by atoms with E-state index in [1.165, 1.54) is 5.56 Å². The zero-order valence-electron chi connectivity index (χ0n) is 10.3. The van der Waals surface area contributed by atoms with Crippen LogP contribution in [0, 0.1) is 0 Å². The first kappa shape index (κ1) is 11.9. The van der Waals surface area contributed by atoms with Crippen molar-refractivity contribution in [3.63, 3.8) is 0 Å². The molecule has 0 bridgehead atoms. The number of rotatable bonds is 3. The number of carbonyl (C=O) groups excluding carboxylic acids is 1. The Morgan fingerprint density at radius 3 is 3.00 bits per heavy atom. The second kappa shape index (κ2) is 5.14. The third-order valence-corrected chi connectivity index (χ3v) is 3.02. The van der Waals surface area contributed by atoms with E-state index >= 15 is 0 Å². The lowest BCUT2D eigenvalue weighted by Gasteiger charge is -2.31. The molecular weight excluding hydrogens is 216 g/mol. The summed E-state index contributed by atoms with van der Waals surface area (Å²) in [7, 11) is 3.71. The number of carbonyl (C=O) groups is 1. The fourth-order valence-corrected chi connectivity index (χ4v) is 1.91. The van der Waals surface area contributed by atoms with Gasteiger partial charge < -0.3 is 10.2 Å². The van der Waals surface area contributed by atoms with Gasteiger partial charge in [-0.2, -0.15) is 0 Å². The highest BCUT2D eigenvalue weighted by Crippen LogP contribution is 2.11. The molecule has 0 atom stereocenters. The average molecular weight is 234 g/mol. The predicted molar refractivity (Wildman–Crippen MR) is 66.7 cm³/mol. The summed E-state index contributed by atoms with van der Waals surface area (Å²) in [5, 5.41) is 3.02. The zero-order valence-corrected chi connectivity index (χ0v) is 10.3. The highest BCUT2D eigenvalue weighted by atomic mass is 16.2. The molecule has 2 heterocycles. The number of anilines is 1. The fourth-order valence-electron chi connectivity index (χ4n) is 1.91. The molecule has 0 spiro atoms. The van der Waals surface area contributed by atoms with Gasteiger partial charge in [-0.1, -0.05) is 0 Å². The van der Waals surface area contributed by atoms with Gasteiger partial charge in [0, 0.05) is 39.9 Å². The quantitative estimate of drug-likeness (QED) is 0.822. The van der Waals surface area contributed by atoms with E-state index in [0.29, 0.717) is 6.54 Å². The number of likely N-dealkylation sites (N-methyl/N-ethyl adjacent to an activating group) is 1. The van der Waals surface area contributed by atoms with Crippen molar-refractivity contribution in [2.24, 2.45) is 0 Å². The van der Waals surface area contributed by atoms with Crippen LogP contribution in [0.3, 0.4) is 0 Å². The minimum atomic E-state index is 0.194. The van der Waals surface area contributed by atoms with Gasteiger partial charge in [0.1, 0.15) is 5.82 Å². The monoisotopic (exact) mass is 234 g/mol. The van der Waals surface area contributed by atoms with Gasteiger partial charge in [0.2, 0.25) is 5.91 Å². The molecule has 17 heavy (non-hydrogen) atoms. The summed E-state index contributed by atoms with van der Waals surface area (Å²) in [5.41, 5.74) is 1.18. The molecule has 5 nitrogen and oxygen atoms in total.